The minimum absolute atomic E-state index is 0.111. The summed E-state index contributed by atoms with van der Waals surface area (Å²) in [6, 6.07) is 8.12. The van der Waals surface area contributed by atoms with E-state index in [0.29, 0.717) is 5.92 Å². The molecule has 0 aliphatic heterocycles. The van der Waals surface area contributed by atoms with Crippen LogP contribution in [0, 0.1) is 5.92 Å². The first kappa shape index (κ1) is 11.9. The third kappa shape index (κ3) is 2.58. The van der Waals surface area contributed by atoms with Crippen molar-refractivity contribution in [3.8, 4) is 0 Å². The molecule has 0 radical (unpaired) electrons. The first-order valence-electron chi connectivity index (χ1n) is 5.78. The largest absolute Gasteiger partial charge is 0.394 e. The van der Waals surface area contributed by atoms with Crippen LogP contribution in [-0.2, 0) is 0 Å². The van der Waals surface area contributed by atoms with Gasteiger partial charge in [0.15, 0.2) is 0 Å². The van der Waals surface area contributed by atoms with E-state index in [1.54, 1.807) is 0 Å². The van der Waals surface area contributed by atoms with E-state index in [4.69, 9.17) is 0 Å². The molecule has 0 spiro atoms. The van der Waals surface area contributed by atoms with Crippen LogP contribution in [-0.4, -0.2) is 17.3 Å². The van der Waals surface area contributed by atoms with Crippen LogP contribution >= 0.6 is 15.9 Å². The molecule has 0 saturated heterocycles. The van der Waals surface area contributed by atoms with Crippen molar-refractivity contribution in [2.24, 2.45) is 5.92 Å². The van der Waals surface area contributed by atoms with E-state index >= 15 is 0 Å². The molecule has 1 aromatic rings. The molecule has 2 atom stereocenters. The van der Waals surface area contributed by atoms with Gasteiger partial charge in [0.25, 0.3) is 0 Å². The first-order chi connectivity index (χ1) is 7.63. The highest BCUT2D eigenvalue weighted by Gasteiger charge is 2.36. The highest BCUT2D eigenvalue weighted by Crippen LogP contribution is 2.36. The molecule has 2 unspecified atom stereocenters. The van der Waals surface area contributed by atoms with Gasteiger partial charge in [0.2, 0.25) is 0 Å². The topological polar surface area (TPSA) is 32.3 Å². The van der Waals surface area contributed by atoms with Gasteiger partial charge in [0, 0.05) is 10.2 Å². The maximum absolute atomic E-state index is 9.59. The molecule has 0 amide bonds. The normalized spacial score (nSPS) is 29.3. The molecular weight excluding hydrogens is 266 g/mol. The number of aliphatic hydroxyl groups excluding tert-OH is 1. The standard InChI is InChI=1S/C13H18BrNO/c1-10-5-6-13(8-10,9-16)15-12-4-2-3-11(14)7-12/h2-4,7,10,15-16H,5-6,8-9H2,1H3. The molecule has 1 fully saturated rings. The summed E-state index contributed by atoms with van der Waals surface area (Å²) in [4.78, 5) is 0. The Morgan fingerprint density at radius 3 is 2.94 bits per heavy atom. The van der Waals surface area contributed by atoms with E-state index in [0.717, 1.165) is 23.0 Å². The maximum atomic E-state index is 9.59. The van der Waals surface area contributed by atoms with Gasteiger partial charge in [-0.3, -0.25) is 0 Å². The Kier molecular flexibility index (Phi) is 3.55. The van der Waals surface area contributed by atoms with E-state index in [1.807, 2.05) is 18.2 Å². The van der Waals surface area contributed by atoms with E-state index in [-0.39, 0.29) is 12.1 Å². The highest BCUT2D eigenvalue weighted by molar-refractivity contribution is 9.10. The quantitative estimate of drug-likeness (QED) is 0.891. The lowest BCUT2D eigenvalue weighted by Crippen LogP contribution is -2.39. The molecule has 3 heteroatoms. The second kappa shape index (κ2) is 4.76. The average Bonchev–Trinajstić information content (AvgIpc) is 2.61. The Morgan fingerprint density at radius 2 is 2.38 bits per heavy atom. The molecular formula is C13H18BrNO. The SMILES string of the molecule is CC1CCC(CO)(Nc2cccc(Br)c2)C1. The molecule has 0 heterocycles. The summed E-state index contributed by atoms with van der Waals surface area (Å²) in [5.74, 6) is 0.701. The second-order valence-electron chi connectivity index (χ2n) is 4.92. The average molecular weight is 284 g/mol. The lowest BCUT2D eigenvalue weighted by molar-refractivity contribution is 0.211. The van der Waals surface area contributed by atoms with Crippen molar-refractivity contribution in [1.82, 2.24) is 0 Å². The molecule has 2 nitrogen and oxygen atoms in total. The van der Waals surface area contributed by atoms with E-state index in [9.17, 15) is 5.11 Å². The number of hydrogen-bond donors (Lipinski definition) is 2. The molecule has 1 aromatic carbocycles. The Morgan fingerprint density at radius 1 is 1.56 bits per heavy atom. The maximum Gasteiger partial charge on any atom is 0.0661 e. The van der Waals surface area contributed by atoms with Crippen LogP contribution in [0.4, 0.5) is 5.69 Å². The Hall–Kier alpha value is -0.540. The highest BCUT2D eigenvalue weighted by atomic mass is 79.9. The molecule has 0 aromatic heterocycles. The van der Waals surface area contributed by atoms with Gasteiger partial charge >= 0.3 is 0 Å². The fraction of sp³-hybridized carbons (Fsp3) is 0.538. The van der Waals surface area contributed by atoms with Gasteiger partial charge in [-0.05, 0) is 43.4 Å². The van der Waals surface area contributed by atoms with Gasteiger partial charge in [-0.25, -0.2) is 0 Å². The van der Waals surface area contributed by atoms with Crippen LogP contribution in [0.15, 0.2) is 28.7 Å². The summed E-state index contributed by atoms with van der Waals surface area (Å²) in [6.45, 7) is 2.46. The molecule has 1 aliphatic carbocycles. The van der Waals surface area contributed by atoms with Crippen LogP contribution in [0.3, 0.4) is 0 Å². The van der Waals surface area contributed by atoms with Crippen molar-refractivity contribution in [2.75, 3.05) is 11.9 Å². The molecule has 2 rings (SSSR count). The van der Waals surface area contributed by atoms with E-state index < -0.39 is 0 Å². The number of anilines is 1. The molecule has 2 N–H and O–H groups in total. The number of aliphatic hydroxyl groups is 1. The fourth-order valence-electron chi connectivity index (χ4n) is 2.56. The van der Waals surface area contributed by atoms with E-state index in [1.165, 1.54) is 6.42 Å². The van der Waals surface area contributed by atoms with Crippen molar-refractivity contribution in [3.05, 3.63) is 28.7 Å². The number of nitrogens with one attached hydrogen (secondary N) is 1. The zero-order valence-corrected chi connectivity index (χ0v) is 11.1. The van der Waals surface area contributed by atoms with Crippen LogP contribution in [0.2, 0.25) is 0 Å². The zero-order chi connectivity index (χ0) is 11.6. The first-order valence-corrected chi connectivity index (χ1v) is 6.57. The lowest BCUT2D eigenvalue weighted by Gasteiger charge is -2.29. The van der Waals surface area contributed by atoms with Crippen molar-refractivity contribution in [2.45, 2.75) is 31.7 Å². The van der Waals surface area contributed by atoms with Gasteiger partial charge in [-0.1, -0.05) is 28.9 Å². The molecule has 1 aliphatic rings. The van der Waals surface area contributed by atoms with Gasteiger partial charge in [0.05, 0.1) is 12.1 Å². The van der Waals surface area contributed by atoms with Crippen molar-refractivity contribution in [1.29, 1.82) is 0 Å². The summed E-state index contributed by atoms with van der Waals surface area (Å²) in [7, 11) is 0. The smallest absolute Gasteiger partial charge is 0.0661 e. The van der Waals surface area contributed by atoms with Crippen LogP contribution in [0.5, 0.6) is 0 Å². The van der Waals surface area contributed by atoms with Crippen LogP contribution in [0.25, 0.3) is 0 Å². The Balaban J connectivity index is 2.13. The summed E-state index contributed by atoms with van der Waals surface area (Å²) in [6.07, 6.45) is 3.30. The minimum Gasteiger partial charge on any atom is -0.394 e. The third-order valence-corrected chi connectivity index (χ3v) is 3.88. The van der Waals surface area contributed by atoms with Crippen molar-refractivity contribution >= 4 is 21.6 Å². The molecule has 1 saturated carbocycles. The van der Waals surface area contributed by atoms with Crippen molar-refractivity contribution in [3.63, 3.8) is 0 Å². The Labute approximate surface area is 105 Å². The Bertz CT molecular complexity index is 369. The van der Waals surface area contributed by atoms with Gasteiger partial charge in [-0.2, -0.15) is 0 Å². The number of rotatable bonds is 3. The van der Waals surface area contributed by atoms with Crippen molar-refractivity contribution < 1.29 is 5.11 Å². The monoisotopic (exact) mass is 283 g/mol. The molecule has 16 heavy (non-hydrogen) atoms. The summed E-state index contributed by atoms with van der Waals surface area (Å²) in [5, 5.41) is 13.1. The number of benzene rings is 1. The van der Waals surface area contributed by atoms with Gasteiger partial charge < -0.3 is 10.4 Å². The minimum atomic E-state index is -0.111. The fourth-order valence-corrected chi connectivity index (χ4v) is 2.96. The second-order valence-corrected chi connectivity index (χ2v) is 5.84. The summed E-state index contributed by atoms with van der Waals surface area (Å²) < 4.78 is 1.07. The number of halogens is 1. The predicted molar refractivity (Wildman–Crippen MR) is 70.6 cm³/mol. The van der Waals surface area contributed by atoms with Crippen LogP contribution in [0.1, 0.15) is 26.2 Å². The number of hydrogen-bond acceptors (Lipinski definition) is 2. The molecule has 88 valence electrons. The third-order valence-electron chi connectivity index (χ3n) is 3.39. The van der Waals surface area contributed by atoms with E-state index in [2.05, 4.69) is 34.2 Å². The molecule has 0 bridgehead atoms. The van der Waals surface area contributed by atoms with Gasteiger partial charge in [-0.15, -0.1) is 0 Å². The van der Waals surface area contributed by atoms with Gasteiger partial charge in [0.1, 0.15) is 0 Å². The predicted octanol–water partition coefficient (Wildman–Crippen LogP) is 3.41. The zero-order valence-electron chi connectivity index (χ0n) is 9.54. The van der Waals surface area contributed by atoms with Crippen LogP contribution < -0.4 is 5.32 Å². The summed E-state index contributed by atoms with van der Waals surface area (Å²) in [5.41, 5.74) is 0.970. The lowest BCUT2D eigenvalue weighted by atomic mass is 9.97. The summed E-state index contributed by atoms with van der Waals surface area (Å²) >= 11 is 3.46.